The second-order valence-corrected chi connectivity index (χ2v) is 7.64. The lowest BCUT2D eigenvalue weighted by atomic mass is 10.0. The molecule has 0 spiro atoms. The summed E-state index contributed by atoms with van der Waals surface area (Å²) in [5.41, 5.74) is 6.16. The standard InChI is InChI=1S/C25H23N5/c1-2-3-15-29-18-27-28-25(29)21-5-4-6-23(16-21)30-17-22(19-11-13-26-14-12-19)9-10-24(30)20-7-8-20/h4-6,9-14,16,18,20H,7-8,15,17H2,1H3. The van der Waals surface area contributed by atoms with Gasteiger partial charge in [0.2, 0.25) is 0 Å². The van der Waals surface area contributed by atoms with Crippen LogP contribution in [0.15, 0.2) is 73.0 Å². The fraction of sp³-hybridized carbons (Fsp3) is 0.240. The Hall–Kier alpha value is -3.65. The molecule has 0 N–H and O–H groups in total. The molecule has 0 unspecified atom stereocenters. The van der Waals surface area contributed by atoms with Crippen molar-refractivity contribution in [2.24, 2.45) is 5.92 Å². The van der Waals surface area contributed by atoms with Gasteiger partial charge in [-0.3, -0.25) is 4.98 Å². The van der Waals surface area contributed by atoms with E-state index < -0.39 is 0 Å². The van der Waals surface area contributed by atoms with Crippen LogP contribution < -0.4 is 4.90 Å². The third kappa shape index (κ3) is 3.65. The van der Waals surface area contributed by atoms with Crippen LogP contribution in [-0.2, 0) is 6.54 Å². The van der Waals surface area contributed by atoms with Crippen LogP contribution in [0.3, 0.4) is 0 Å². The predicted octanol–water partition coefficient (Wildman–Crippen LogP) is 4.56. The number of aromatic nitrogens is 4. The summed E-state index contributed by atoms with van der Waals surface area (Å²) >= 11 is 0. The molecule has 1 fully saturated rings. The smallest absolute Gasteiger partial charge is 0.164 e. The van der Waals surface area contributed by atoms with E-state index in [1.54, 1.807) is 6.33 Å². The molecule has 2 aliphatic rings. The van der Waals surface area contributed by atoms with Gasteiger partial charge in [0, 0.05) is 35.9 Å². The summed E-state index contributed by atoms with van der Waals surface area (Å²) in [5.74, 6) is 7.54. The third-order valence-electron chi connectivity index (χ3n) is 5.60. The molecular formula is C25H23N5. The molecule has 5 nitrogen and oxygen atoms in total. The molecule has 1 aliphatic carbocycles. The Morgan fingerprint density at radius 3 is 2.73 bits per heavy atom. The second kappa shape index (κ2) is 8.00. The van der Waals surface area contributed by atoms with E-state index >= 15 is 0 Å². The number of rotatable bonds is 5. The molecule has 1 aliphatic heterocycles. The molecule has 0 saturated heterocycles. The number of hydrogen-bond donors (Lipinski definition) is 0. The third-order valence-corrected chi connectivity index (χ3v) is 5.60. The van der Waals surface area contributed by atoms with Crippen LogP contribution >= 0.6 is 0 Å². The molecule has 5 rings (SSSR count). The molecule has 0 amide bonds. The van der Waals surface area contributed by atoms with Gasteiger partial charge in [-0.05, 0) is 67.2 Å². The molecule has 5 heteroatoms. The van der Waals surface area contributed by atoms with Crippen LogP contribution in [0.1, 0.15) is 25.3 Å². The van der Waals surface area contributed by atoms with Gasteiger partial charge in [0.05, 0.1) is 6.54 Å². The molecule has 2 aromatic heterocycles. The van der Waals surface area contributed by atoms with Crippen molar-refractivity contribution in [3.05, 3.63) is 78.5 Å². The van der Waals surface area contributed by atoms with Gasteiger partial charge in [-0.2, -0.15) is 0 Å². The maximum absolute atomic E-state index is 4.35. The summed E-state index contributed by atoms with van der Waals surface area (Å²) in [7, 11) is 0. The number of nitrogens with zero attached hydrogens (tertiary/aromatic N) is 5. The van der Waals surface area contributed by atoms with Gasteiger partial charge in [0.15, 0.2) is 5.82 Å². The molecule has 1 aromatic carbocycles. The molecular weight excluding hydrogens is 370 g/mol. The van der Waals surface area contributed by atoms with Crippen molar-refractivity contribution in [2.75, 3.05) is 11.4 Å². The average molecular weight is 393 g/mol. The summed E-state index contributed by atoms with van der Waals surface area (Å²) in [6.07, 6.45) is 12.6. The van der Waals surface area contributed by atoms with Gasteiger partial charge in [-0.15, -0.1) is 16.1 Å². The molecule has 3 aromatic rings. The second-order valence-electron chi connectivity index (χ2n) is 7.64. The summed E-state index contributed by atoms with van der Waals surface area (Å²) < 4.78 is 1.99. The maximum Gasteiger partial charge on any atom is 0.164 e. The fourth-order valence-corrected chi connectivity index (χ4v) is 3.89. The highest BCUT2D eigenvalue weighted by atomic mass is 15.3. The van der Waals surface area contributed by atoms with E-state index in [0.29, 0.717) is 12.5 Å². The number of anilines is 1. The van der Waals surface area contributed by atoms with E-state index in [-0.39, 0.29) is 0 Å². The number of hydrogen-bond acceptors (Lipinski definition) is 4. The number of allylic oxidation sites excluding steroid dienone is 3. The molecule has 1 saturated carbocycles. The quantitative estimate of drug-likeness (QED) is 0.596. The minimum Gasteiger partial charge on any atom is -0.340 e. The lowest BCUT2D eigenvalue weighted by molar-refractivity contribution is 0.844. The predicted molar refractivity (Wildman–Crippen MR) is 119 cm³/mol. The first-order chi connectivity index (χ1) is 14.8. The Morgan fingerprint density at radius 2 is 1.93 bits per heavy atom. The van der Waals surface area contributed by atoms with Crippen LogP contribution in [0, 0.1) is 17.8 Å². The Kier molecular flexibility index (Phi) is 4.90. The van der Waals surface area contributed by atoms with E-state index in [1.165, 1.54) is 35.4 Å². The fourth-order valence-electron chi connectivity index (χ4n) is 3.89. The Labute approximate surface area is 176 Å². The Bertz CT molecular complexity index is 1170. The van der Waals surface area contributed by atoms with Crippen LogP contribution in [0.4, 0.5) is 5.69 Å². The largest absolute Gasteiger partial charge is 0.340 e. The van der Waals surface area contributed by atoms with Crippen molar-refractivity contribution < 1.29 is 0 Å². The van der Waals surface area contributed by atoms with Crippen molar-refractivity contribution in [2.45, 2.75) is 26.3 Å². The van der Waals surface area contributed by atoms with Crippen molar-refractivity contribution in [1.82, 2.24) is 19.7 Å². The molecule has 30 heavy (non-hydrogen) atoms. The van der Waals surface area contributed by atoms with Crippen LogP contribution in [0.2, 0.25) is 0 Å². The zero-order chi connectivity index (χ0) is 20.3. The van der Waals surface area contributed by atoms with Crippen molar-refractivity contribution >= 4 is 11.3 Å². The monoisotopic (exact) mass is 393 g/mol. The average Bonchev–Trinajstić information content (AvgIpc) is 3.55. The molecule has 0 radical (unpaired) electrons. The van der Waals surface area contributed by atoms with Crippen molar-refractivity contribution in [3.63, 3.8) is 0 Å². The zero-order valence-corrected chi connectivity index (χ0v) is 17.0. The van der Waals surface area contributed by atoms with Gasteiger partial charge in [-0.1, -0.05) is 24.1 Å². The first-order valence-electron chi connectivity index (χ1n) is 10.3. The maximum atomic E-state index is 4.35. The van der Waals surface area contributed by atoms with Crippen molar-refractivity contribution in [3.8, 4) is 23.2 Å². The molecule has 148 valence electrons. The lowest BCUT2D eigenvalue weighted by Gasteiger charge is -2.32. The van der Waals surface area contributed by atoms with Crippen LogP contribution in [-0.4, -0.2) is 26.3 Å². The lowest BCUT2D eigenvalue weighted by Crippen LogP contribution is -2.28. The topological polar surface area (TPSA) is 46.8 Å². The zero-order valence-electron chi connectivity index (χ0n) is 17.0. The van der Waals surface area contributed by atoms with E-state index in [1.807, 2.05) is 23.9 Å². The van der Waals surface area contributed by atoms with Crippen molar-refractivity contribution in [1.29, 1.82) is 0 Å². The number of benzene rings is 1. The molecule has 0 atom stereocenters. The van der Waals surface area contributed by atoms with E-state index in [2.05, 4.69) is 80.5 Å². The normalized spacial score (nSPS) is 15.8. The van der Waals surface area contributed by atoms with Gasteiger partial charge in [0.1, 0.15) is 6.33 Å². The van der Waals surface area contributed by atoms with E-state index in [4.69, 9.17) is 0 Å². The Morgan fingerprint density at radius 1 is 1.07 bits per heavy atom. The van der Waals surface area contributed by atoms with Gasteiger partial charge >= 0.3 is 0 Å². The van der Waals surface area contributed by atoms with Gasteiger partial charge < -0.3 is 9.47 Å². The van der Waals surface area contributed by atoms with E-state index in [0.717, 1.165) is 17.9 Å². The van der Waals surface area contributed by atoms with Crippen LogP contribution in [0.25, 0.3) is 17.0 Å². The van der Waals surface area contributed by atoms with Gasteiger partial charge in [0.25, 0.3) is 0 Å². The summed E-state index contributed by atoms with van der Waals surface area (Å²) in [4.78, 5) is 6.61. The van der Waals surface area contributed by atoms with Gasteiger partial charge in [-0.25, -0.2) is 0 Å². The highest BCUT2D eigenvalue weighted by molar-refractivity contribution is 5.77. The van der Waals surface area contributed by atoms with E-state index in [9.17, 15) is 0 Å². The molecule has 3 heterocycles. The first kappa shape index (κ1) is 18.4. The summed E-state index contributed by atoms with van der Waals surface area (Å²) in [6.45, 7) is 3.29. The first-order valence-corrected chi connectivity index (χ1v) is 10.3. The minimum absolute atomic E-state index is 0.592. The Balaban J connectivity index is 1.50. The summed E-state index contributed by atoms with van der Waals surface area (Å²) in [6, 6.07) is 12.7. The van der Waals surface area contributed by atoms with Crippen LogP contribution in [0.5, 0.6) is 0 Å². The summed E-state index contributed by atoms with van der Waals surface area (Å²) in [5, 5.41) is 8.45. The number of pyridine rings is 1. The molecule has 0 bridgehead atoms. The highest BCUT2D eigenvalue weighted by Gasteiger charge is 2.32. The minimum atomic E-state index is 0.592. The highest BCUT2D eigenvalue weighted by Crippen LogP contribution is 2.42. The SMILES string of the molecule is CC#CCn1cnnc1-c1cccc(N2CC(c3ccncc3)=CC=C2C2CC2)c1.